The molecule has 0 saturated heterocycles. The van der Waals surface area contributed by atoms with Gasteiger partial charge in [-0.15, -0.1) is 0 Å². The van der Waals surface area contributed by atoms with Gasteiger partial charge in [0.2, 0.25) is 0 Å². The summed E-state index contributed by atoms with van der Waals surface area (Å²) in [5.74, 6) is -1.53. The SMILES string of the molecule is CCN(CC)S(=O)(=O)NC1CCCCCC1C(=O)O. The van der Waals surface area contributed by atoms with Crippen LogP contribution in [-0.4, -0.2) is 42.9 Å². The van der Waals surface area contributed by atoms with Gasteiger partial charge in [-0.3, -0.25) is 4.79 Å². The molecule has 112 valence electrons. The zero-order valence-corrected chi connectivity index (χ0v) is 12.4. The fraction of sp³-hybridized carbons (Fsp3) is 0.917. The number of nitrogens with one attached hydrogen (secondary N) is 1. The third-order valence-electron chi connectivity index (χ3n) is 3.68. The highest BCUT2D eigenvalue weighted by Crippen LogP contribution is 2.24. The van der Waals surface area contributed by atoms with Crippen molar-refractivity contribution in [2.75, 3.05) is 13.1 Å². The van der Waals surface area contributed by atoms with E-state index in [-0.39, 0.29) is 0 Å². The summed E-state index contributed by atoms with van der Waals surface area (Å²) >= 11 is 0. The topological polar surface area (TPSA) is 86.7 Å². The van der Waals surface area contributed by atoms with Gasteiger partial charge in [0, 0.05) is 19.1 Å². The van der Waals surface area contributed by atoms with Crippen LogP contribution >= 0.6 is 0 Å². The van der Waals surface area contributed by atoms with Gasteiger partial charge in [-0.1, -0.05) is 33.1 Å². The van der Waals surface area contributed by atoms with E-state index in [2.05, 4.69) is 4.72 Å². The molecule has 1 rings (SSSR count). The Bertz CT molecular complexity index is 393. The average Bonchev–Trinajstić information content (AvgIpc) is 2.55. The van der Waals surface area contributed by atoms with Gasteiger partial charge >= 0.3 is 5.97 Å². The van der Waals surface area contributed by atoms with Crippen LogP contribution in [0.15, 0.2) is 0 Å². The van der Waals surface area contributed by atoms with E-state index in [1.807, 2.05) is 0 Å². The van der Waals surface area contributed by atoms with E-state index < -0.39 is 28.1 Å². The van der Waals surface area contributed by atoms with Crippen LogP contribution < -0.4 is 4.72 Å². The molecule has 19 heavy (non-hydrogen) atoms. The van der Waals surface area contributed by atoms with Crippen LogP contribution in [0.5, 0.6) is 0 Å². The maximum Gasteiger partial charge on any atom is 0.308 e. The highest BCUT2D eigenvalue weighted by atomic mass is 32.2. The highest BCUT2D eigenvalue weighted by molar-refractivity contribution is 7.87. The predicted octanol–water partition coefficient (Wildman–Crippen LogP) is 1.20. The number of carbonyl (C=O) groups is 1. The maximum atomic E-state index is 12.2. The lowest BCUT2D eigenvalue weighted by Gasteiger charge is -2.26. The number of carboxylic acid groups (broad SMARTS) is 1. The largest absolute Gasteiger partial charge is 0.481 e. The lowest BCUT2D eigenvalue weighted by Crippen LogP contribution is -2.49. The van der Waals surface area contributed by atoms with Crippen LogP contribution in [-0.2, 0) is 15.0 Å². The molecular weight excluding hydrogens is 268 g/mol. The Balaban J connectivity index is 2.84. The van der Waals surface area contributed by atoms with Gasteiger partial charge in [0.05, 0.1) is 5.92 Å². The minimum Gasteiger partial charge on any atom is -0.481 e. The summed E-state index contributed by atoms with van der Waals surface area (Å²) in [6.45, 7) is 4.31. The molecule has 0 aromatic rings. The van der Waals surface area contributed by atoms with E-state index in [1.54, 1.807) is 13.8 Å². The summed E-state index contributed by atoms with van der Waals surface area (Å²) in [5, 5.41) is 9.24. The van der Waals surface area contributed by atoms with Crippen LogP contribution in [0.1, 0.15) is 46.0 Å². The van der Waals surface area contributed by atoms with Crippen molar-refractivity contribution in [3.63, 3.8) is 0 Å². The first-order valence-electron chi connectivity index (χ1n) is 6.92. The van der Waals surface area contributed by atoms with Gasteiger partial charge in [0.1, 0.15) is 0 Å². The van der Waals surface area contributed by atoms with E-state index in [0.717, 1.165) is 19.3 Å². The van der Waals surface area contributed by atoms with Crippen molar-refractivity contribution in [1.29, 1.82) is 0 Å². The van der Waals surface area contributed by atoms with Crippen molar-refractivity contribution in [2.45, 2.75) is 52.0 Å². The molecule has 2 atom stereocenters. The second-order valence-corrected chi connectivity index (χ2v) is 6.60. The Morgan fingerprint density at radius 1 is 1.21 bits per heavy atom. The summed E-state index contributed by atoms with van der Waals surface area (Å²) in [7, 11) is -3.58. The molecule has 0 bridgehead atoms. The van der Waals surface area contributed by atoms with Crippen molar-refractivity contribution in [2.24, 2.45) is 5.92 Å². The van der Waals surface area contributed by atoms with Crippen LogP contribution in [0.25, 0.3) is 0 Å². The van der Waals surface area contributed by atoms with Crippen molar-refractivity contribution in [3.8, 4) is 0 Å². The highest BCUT2D eigenvalue weighted by Gasteiger charge is 2.33. The van der Waals surface area contributed by atoms with Crippen molar-refractivity contribution in [1.82, 2.24) is 9.03 Å². The number of carboxylic acids is 1. The molecular formula is C12H24N2O4S. The molecule has 7 heteroatoms. The molecule has 1 saturated carbocycles. The van der Waals surface area contributed by atoms with E-state index in [0.29, 0.717) is 25.9 Å². The minimum absolute atomic E-state index is 0.385. The fourth-order valence-electron chi connectivity index (χ4n) is 2.57. The minimum atomic E-state index is -3.58. The van der Waals surface area contributed by atoms with Gasteiger partial charge in [0.15, 0.2) is 0 Å². The number of rotatable bonds is 6. The van der Waals surface area contributed by atoms with E-state index >= 15 is 0 Å². The van der Waals surface area contributed by atoms with Crippen LogP contribution in [0, 0.1) is 5.92 Å². The van der Waals surface area contributed by atoms with E-state index in [9.17, 15) is 18.3 Å². The molecule has 0 amide bonds. The number of hydrogen-bond acceptors (Lipinski definition) is 3. The van der Waals surface area contributed by atoms with Crippen molar-refractivity contribution < 1.29 is 18.3 Å². The number of hydrogen-bond donors (Lipinski definition) is 2. The van der Waals surface area contributed by atoms with Crippen molar-refractivity contribution in [3.05, 3.63) is 0 Å². The van der Waals surface area contributed by atoms with Gasteiger partial charge in [-0.05, 0) is 12.8 Å². The number of aliphatic carboxylic acids is 1. The van der Waals surface area contributed by atoms with E-state index in [4.69, 9.17) is 0 Å². The third kappa shape index (κ3) is 4.43. The molecule has 2 N–H and O–H groups in total. The molecule has 1 fully saturated rings. The second kappa shape index (κ2) is 7.21. The average molecular weight is 292 g/mol. The zero-order valence-electron chi connectivity index (χ0n) is 11.6. The van der Waals surface area contributed by atoms with E-state index in [1.165, 1.54) is 4.31 Å². The predicted molar refractivity (Wildman–Crippen MR) is 73.0 cm³/mol. The van der Waals surface area contributed by atoms with Crippen LogP contribution in [0.2, 0.25) is 0 Å². The second-order valence-electron chi connectivity index (χ2n) is 4.90. The van der Waals surface area contributed by atoms with Crippen LogP contribution in [0.4, 0.5) is 0 Å². The molecule has 0 spiro atoms. The summed E-state index contributed by atoms with van der Waals surface area (Å²) in [6, 6.07) is -0.495. The van der Waals surface area contributed by atoms with Gasteiger partial charge < -0.3 is 5.11 Å². The first kappa shape index (κ1) is 16.4. The molecule has 1 aliphatic carbocycles. The monoisotopic (exact) mass is 292 g/mol. The summed E-state index contributed by atoms with van der Waals surface area (Å²) in [4.78, 5) is 11.3. The van der Waals surface area contributed by atoms with Gasteiger partial charge in [-0.2, -0.15) is 17.4 Å². The standard InChI is InChI=1S/C12H24N2O4S/c1-3-14(4-2)19(17,18)13-11-9-7-5-6-8-10(11)12(15)16/h10-11,13H,3-9H2,1-2H3,(H,15,16). The quantitative estimate of drug-likeness (QED) is 0.720. The zero-order chi connectivity index (χ0) is 14.5. The summed E-state index contributed by atoms with van der Waals surface area (Å²) in [5.41, 5.74) is 0. The van der Waals surface area contributed by atoms with Crippen LogP contribution in [0.3, 0.4) is 0 Å². The smallest absolute Gasteiger partial charge is 0.308 e. The fourth-order valence-corrected chi connectivity index (χ4v) is 4.07. The Kier molecular flexibility index (Phi) is 6.22. The Labute approximate surface area is 115 Å². The molecule has 6 nitrogen and oxygen atoms in total. The third-order valence-corrected chi connectivity index (χ3v) is 5.48. The van der Waals surface area contributed by atoms with Gasteiger partial charge in [-0.25, -0.2) is 0 Å². The lowest BCUT2D eigenvalue weighted by molar-refractivity contribution is -0.142. The Hall–Kier alpha value is -0.660. The molecule has 0 heterocycles. The summed E-state index contributed by atoms with van der Waals surface area (Å²) < 4.78 is 28.2. The normalized spacial score (nSPS) is 25.2. The maximum absolute atomic E-state index is 12.2. The summed E-state index contributed by atoms with van der Waals surface area (Å²) in [6.07, 6.45) is 3.82. The van der Waals surface area contributed by atoms with Gasteiger partial charge in [0.25, 0.3) is 10.2 Å². The Morgan fingerprint density at radius 2 is 1.79 bits per heavy atom. The van der Waals surface area contributed by atoms with Crippen molar-refractivity contribution >= 4 is 16.2 Å². The molecule has 0 aromatic heterocycles. The lowest BCUT2D eigenvalue weighted by atomic mass is 9.96. The first-order chi connectivity index (χ1) is 8.92. The first-order valence-corrected chi connectivity index (χ1v) is 8.36. The molecule has 1 aliphatic rings. The molecule has 0 aromatic carbocycles. The molecule has 0 radical (unpaired) electrons. The molecule has 0 aliphatic heterocycles. The number of nitrogens with zero attached hydrogens (tertiary/aromatic N) is 1. The Morgan fingerprint density at radius 3 is 2.32 bits per heavy atom. The molecule has 2 unspecified atom stereocenters.